The van der Waals surface area contributed by atoms with Gasteiger partial charge in [0.1, 0.15) is 0 Å². The van der Waals surface area contributed by atoms with Crippen molar-refractivity contribution in [3.63, 3.8) is 0 Å². The molecule has 0 radical (unpaired) electrons. The highest BCUT2D eigenvalue weighted by Gasteiger charge is 2.25. The van der Waals surface area contributed by atoms with Gasteiger partial charge in [0.2, 0.25) is 10.0 Å². The third kappa shape index (κ3) is 5.65. The van der Waals surface area contributed by atoms with E-state index in [9.17, 15) is 12.8 Å². The molecule has 1 aliphatic heterocycles. The number of methoxy groups -OCH3 is 1. The van der Waals surface area contributed by atoms with E-state index in [1.807, 2.05) is 18.2 Å². The lowest BCUT2D eigenvalue weighted by Gasteiger charge is -2.32. The van der Waals surface area contributed by atoms with Crippen LogP contribution in [-0.2, 0) is 16.6 Å². The van der Waals surface area contributed by atoms with Gasteiger partial charge >= 0.3 is 0 Å². The first-order valence-electron chi connectivity index (χ1n) is 8.60. The van der Waals surface area contributed by atoms with Crippen LogP contribution in [0.5, 0.6) is 5.75 Å². The maximum absolute atomic E-state index is 13.8. The number of likely N-dealkylation sites (tertiary alicyclic amines) is 1. The van der Waals surface area contributed by atoms with Crippen molar-refractivity contribution in [2.75, 3.05) is 20.2 Å². The molecule has 0 spiro atoms. The van der Waals surface area contributed by atoms with Crippen LogP contribution in [0, 0.1) is 5.82 Å². The number of rotatable bonds is 6. The first kappa shape index (κ1) is 21.6. The number of hydrogen-bond donors (Lipinski definition) is 1. The van der Waals surface area contributed by atoms with E-state index >= 15 is 0 Å². The zero-order valence-electron chi connectivity index (χ0n) is 15.1. The second kappa shape index (κ2) is 9.50. The molecule has 1 heterocycles. The summed E-state index contributed by atoms with van der Waals surface area (Å²) < 4.78 is 46.3. The Hall–Kier alpha value is -1.67. The molecular formula is C19H24ClFN2O3S. The molecule has 0 amide bonds. The summed E-state index contributed by atoms with van der Waals surface area (Å²) in [4.78, 5) is 2.23. The topological polar surface area (TPSA) is 58.6 Å². The quantitative estimate of drug-likeness (QED) is 0.788. The summed E-state index contributed by atoms with van der Waals surface area (Å²) in [6.45, 7) is 2.50. The zero-order valence-corrected chi connectivity index (χ0v) is 16.7. The Morgan fingerprint density at radius 2 is 1.81 bits per heavy atom. The van der Waals surface area contributed by atoms with Gasteiger partial charge in [0.05, 0.1) is 12.0 Å². The minimum atomic E-state index is -3.75. The minimum absolute atomic E-state index is 0. The smallest absolute Gasteiger partial charge is 0.240 e. The van der Waals surface area contributed by atoms with Crippen LogP contribution in [0.15, 0.2) is 53.4 Å². The van der Waals surface area contributed by atoms with Crippen molar-refractivity contribution in [2.45, 2.75) is 30.3 Å². The predicted molar refractivity (Wildman–Crippen MR) is 105 cm³/mol. The van der Waals surface area contributed by atoms with Gasteiger partial charge < -0.3 is 4.74 Å². The van der Waals surface area contributed by atoms with E-state index in [1.165, 1.54) is 24.8 Å². The first-order chi connectivity index (χ1) is 12.5. The molecule has 148 valence electrons. The standard InChI is InChI=1S/C19H23FN2O3S.ClH/c1-25-19-8-7-17(13-18(19)20)26(23,24)21-16-9-11-22(12-10-16)14-15-5-3-2-4-6-15;/h2-8,13,16,21H,9-12,14H2,1H3;1H. The van der Waals surface area contributed by atoms with E-state index in [4.69, 9.17) is 4.74 Å². The number of hydrogen-bond acceptors (Lipinski definition) is 4. The Morgan fingerprint density at radius 1 is 1.15 bits per heavy atom. The largest absolute Gasteiger partial charge is 0.494 e. The molecule has 1 fully saturated rings. The van der Waals surface area contributed by atoms with Crippen molar-refractivity contribution in [3.8, 4) is 5.75 Å². The Kier molecular flexibility index (Phi) is 7.61. The molecule has 0 unspecified atom stereocenters. The highest BCUT2D eigenvalue weighted by molar-refractivity contribution is 7.89. The lowest BCUT2D eigenvalue weighted by molar-refractivity contribution is 0.200. The fraction of sp³-hybridized carbons (Fsp3) is 0.368. The molecular weight excluding hydrogens is 391 g/mol. The molecule has 0 aromatic heterocycles. The molecule has 1 saturated heterocycles. The lowest BCUT2D eigenvalue weighted by Crippen LogP contribution is -2.44. The van der Waals surface area contributed by atoms with Crippen molar-refractivity contribution in [1.29, 1.82) is 0 Å². The molecule has 0 bridgehead atoms. The average molecular weight is 415 g/mol. The molecule has 3 rings (SSSR count). The van der Waals surface area contributed by atoms with Gasteiger partial charge in [0, 0.05) is 25.7 Å². The van der Waals surface area contributed by atoms with Crippen molar-refractivity contribution in [1.82, 2.24) is 9.62 Å². The summed E-state index contributed by atoms with van der Waals surface area (Å²) in [6.07, 6.45) is 1.45. The van der Waals surface area contributed by atoms with Crippen LogP contribution < -0.4 is 9.46 Å². The normalized spacial score (nSPS) is 15.9. The van der Waals surface area contributed by atoms with Crippen LogP contribution in [0.2, 0.25) is 0 Å². The third-order valence-corrected chi connectivity index (χ3v) is 6.11. The molecule has 0 saturated carbocycles. The third-order valence-electron chi connectivity index (χ3n) is 4.59. The molecule has 8 heteroatoms. The van der Waals surface area contributed by atoms with Crippen LogP contribution in [0.4, 0.5) is 4.39 Å². The maximum atomic E-state index is 13.8. The van der Waals surface area contributed by atoms with Gasteiger partial charge in [-0.2, -0.15) is 0 Å². The maximum Gasteiger partial charge on any atom is 0.240 e. The van der Waals surface area contributed by atoms with Crippen molar-refractivity contribution in [3.05, 3.63) is 59.9 Å². The van der Waals surface area contributed by atoms with Crippen LogP contribution in [0.1, 0.15) is 18.4 Å². The van der Waals surface area contributed by atoms with E-state index in [-0.39, 0.29) is 29.1 Å². The second-order valence-electron chi connectivity index (χ2n) is 6.45. The Balaban J connectivity index is 0.00000261. The predicted octanol–water partition coefficient (Wildman–Crippen LogP) is 3.20. The van der Waals surface area contributed by atoms with Crippen LogP contribution in [0.25, 0.3) is 0 Å². The van der Waals surface area contributed by atoms with Crippen LogP contribution >= 0.6 is 12.4 Å². The summed E-state index contributed by atoms with van der Waals surface area (Å²) in [5.41, 5.74) is 1.25. The molecule has 0 aliphatic carbocycles. The molecule has 27 heavy (non-hydrogen) atoms. The second-order valence-corrected chi connectivity index (χ2v) is 8.17. The van der Waals surface area contributed by atoms with E-state index in [2.05, 4.69) is 21.8 Å². The molecule has 2 aromatic carbocycles. The SMILES string of the molecule is COc1ccc(S(=O)(=O)NC2CCN(Cc3ccccc3)CC2)cc1F.Cl. The Bertz CT molecular complexity index is 841. The number of piperidine rings is 1. The highest BCUT2D eigenvalue weighted by Crippen LogP contribution is 2.22. The number of sulfonamides is 1. The van der Waals surface area contributed by atoms with Crippen molar-refractivity contribution < 1.29 is 17.5 Å². The summed E-state index contributed by atoms with van der Waals surface area (Å²) in [5, 5.41) is 0. The van der Waals surface area contributed by atoms with Crippen molar-refractivity contribution in [2.24, 2.45) is 0 Å². The van der Waals surface area contributed by atoms with Crippen LogP contribution in [-0.4, -0.2) is 39.6 Å². The van der Waals surface area contributed by atoms with E-state index < -0.39 is 15.8 Å². The van der Waals surface area contributed by atoms with Crippen molar-refractivity contribution >= 4 is 22.4 Å². The summed E-state index contributed by atoms with van der Waals surface area (Å²) in [7, 11) is -2.41. The highest BCUT2D eigenvalue weighted by atomic mass is 35.5. The molecule has 0 atom stereocenters. The summed E-state index contributed by atoms with van der Waals surface area (Å²) >= 11 is 0. The summed E-state index contributed by atoms with van der Waals surface area (Å²) in [5.74, 6) is -0.661. The fourth-order valence-electron chi connectivity index (χ4n) is 3.15. The van der Waals surface area contributed by atoms with Gasteiger partial charge in [-0.3, -0.25) is 4.90 Å². The fourth-order valence-corrected chi connectivity index (χ4v) is 4.47. The van der Waals surface area contributed by atoms with Gasteiger partial charge in [0.25, 0.3) is 0 Å². The first-order valence-corrected chi connectivity index (χ1v) is 10.1. The van der Waals surface area contributed by atoms with E-state index in [1.54, 1.807) is 0 Å². The van der Waals surface area contributed by atoms with Gasteiger partial charge in [-0.1, -0.05) is 30.3 Å². The number of nitrogens with one attached hydrogen (secondary N) is 1. The van der Waals surface area contributed by atoms with E-state index in [0.717, 1.165) is 38.5 Å². The number of nitrogens with zero attached hydrogens (tertiary/aromatic N) is 1. The van der Waals surface area contributed by atoms with Crippen LogP contribution in [0.3, 0.4) is 0 Å². The van der Waals surface area contributed by atoms with Gasteiger partial charge in [-0.05, 0) is 36.6 Å². The molecule has 1 aliphatic rings. The van der Waals surface area contributed by atoms with Gasteiger partial charge in [-0.25, -0.2) is 17.5 Å². The lowest BCUT2D eigenvalue weighted by atomic mass is 10.1. The van der Waals surface area contributed by atoms with Gasteiger partial charge in [-0.15, -0.1) is 12.4 Å². The van der Waals surface area contributed by atoms with Gasteiger partial charge in [0.15, 0.2) is 11.6 Å². The molecule has 5 nitrogen and oxygen atoms in total. The monoisotopic (exact) mass is 414 g/mol. The summed E-state index contributed by atoms with van der Waals surface area (Å²) in [6, 6.07) is 13.7. The average Bonchev–Trinajstić information content (AvgIpc) is 2.64. The Labute approximate surface area is 166 Å². The molecule has 1 N–H and O–H groups in total. The number of halogens is 2. The zero-order chi connectivity index (χ0) is 18.6. The Morgan fingerprint density at radius 3 is 2.41 bits per heavy atom. The molecule has 2 aromatic rings. The minimum Gasteiger partial charge on any atom is -0.494 e. The number of ether oxygens (including phenoxy) is 1. The number of benzene rings is 2. The van der Waals surface area contributed by atoms with E-state index in [0.29, 0.717) is 0 Å².